The van der Waals surface area contributed by atoms with E-state index >= 15 is 0 Å². The Morgan fingerprint density at radius 2 is 1.82 bits per heavy atom. The van der Waals surface area contributed by atoms with Crippen molar-refractivity contribution in [3.63, 3.8) is 0 Å². The second-order valence-electron chi connectivity index (χ2n) is 6.27. The molecule has 1 aromatic carbocycles. The Balaban J connectivity index is 1.46. The number of hydrogen-bond acceptors (Lipinski definition) is 3. The minimum absolute atomic E-state index is 0.275. The fourth-order valence-electron chi connectivity index (χ4n) is 3.54. The van der Waals surface area contributed by atoms with Crippen LogP contribution in [0.25, 0.3) is 0 Å². The van der Waals surface area contributed by atoms with Crippen LogP contribution in [0.2, 0.25) is 0 Å². The summed E-state index contributed by atoms with van der Waals surface area (Å²) < 4.78 is 5.72. The summed E-state index contributed by atoms with van der Waals surface area (Å²) in [5.41, 5.74) is 0. The summed E-state index contributed by atoms with van der Waals surface area (Å²) in [5, 5.41) is 0. The van der Waals surface area contributed by atoms with Crippen molar-refractivity contribution in [3.8, 4) is 5.75 Å². The number of nitrogens with zero attached hydrogens (tertiary/aromatic N) is 2. The molecule has 0 N–H and O–H groups in total. The third kappa shape index (κ3) is 4.01. The molecule has 1 amide bonds. The van der Waals surface area contributed by atoms with Crippen molar-refractivity contribution in [2.45, 2.75) is 38.1 Å². The molecule has 0 bridgehead atoms. The maximum atomic E-state index is 12.3. The molecule has 3 rings (SSSR count). The van der Waals surface area contributed by atoms with E-state index in [4.69, 9.17) is 4.74 Å². The normalized spacial score (nSPS) is 21.1. The molecule has 2 aliphatic rings. The standard InChI is InChI=1S/C18H26N2O2/c21-18-10-11-19(16-6-4-5-7-16)12-13-20(18)14-15-22-17-8-2-1-3-9-17/h1-3,8-9,16H,4-7,10-15H2. The summed E-state index contributed by atoms with van der Waals surface area (Å²) in [6.07, 6.45) is 5.98. The van der Waals surface area contributed by atoms with Crippen molar-refractivity contribution in [1.29, 1.82) is 0 Å². The van der Waals surface area contributed by atoms with Crippen LogP contribution < -0.4 is 4.74 Å². The largest absolute Gasteiger partial charge is 0.492 e. The Bertz CT molecular complexity index is 471. The molecular formula is C18H26N2O2. The maximum Gasteiger partial charge on any atom is 0.224 e. The lowest BCUT2D eigenvalue weighted by molar-refractivity contribution is -0.130. The molecule has 22 heavy (non-hydrogen) atoms. The minimum Gasteiger partial charge on any atom is -0.492 e. The van der Waals surface area contributed by atoms with Gasteiger partial charge in [0.05, 0.1) is 6.54 Å². The smallest absolute Gasteiger partial charge is 0.224 e. The molecule has 1 aromatic rings. The van der Waals surface area contributed by atoms with Gasteiger partial charge in [-0.2, -0.15) is 0 Å². The van der Waals surface area contributed by atoms with E-state index < -0.39 is 0 Å². The van der Waals surface area contributed by atoms with E-state index in [0.29, 0.717) is 25.6 Å². The first-order chi connectivity index (χ1) is 10.8. The van der Waals surface area contributed by atoms with Gasteiger partial charge in [-0.1, -0.05) is 31.0 Å². The number of carbonyl (C=O) groups excluding carboxylic acids is 1. The molecule has 1 aliphatic carbocycles. The molecule has 4 heteroatoms. The summed E-state index contributed by atoms with van der Waals surface area (Å²) in [5.74, 6) is 1.15. The number of carbonyl (C=O) groups is 1. The molecule has 0 radical (unpaired) electrons. The number of amides is 1. The lowest BCUT2D eigenvalue weighted by Crippen LogP contribution is -2.38. The second kappa shape index (κ2) is 7.63. The highest BCUT2D eigenvalue weighted by Crippen LogP contribution is 2.24. The van der Waals surface area contributed by atoms with Crippen molar-refractivity contribution >= 4 is 5.91 Å². The first-order valence-corrected chi connectivity index (χ1v) is 8.52. The van der Waals surface area contributed by atoms with E-state index in [2.05, 4.69) is 4.90 Å². The molecule has 4 nitrogen and oxygen atoms in total. The monoisotopic (exact) mass is 302 g/mol. The Morgan fingerprint density at radius 3 is 2.59 bits per heavy atom. The van der Waals surface area contributed by atoms with Gasteiger partial charge < -0.3 is 9.64 Å². The Morgan fingerprint density at radius 1 is 1.05 bits per heavy atom. The van der Waals surface area contributed by atoms with E-state index in [9.17, 15) is 4.79 Å². The number of hydrogen-bond donors (Lipinski definition) is 0. The second-order valence-corrected chi connectivity index (χ2v) is 6.27. The van der Waals surface area contributed by atoms with Gasteiger partial charge >= 0.3 is 0 Å². The highest BCUT2D eigenvalue weighted by molar-refractivity contribution is 5.76. The van der Waals surface area contributed by atoms with Crippen LogP contribution in [0.15, 0.2) is 30.3 Å². The van der Waals surface area contributed by atoms with Crippen molar-refractivity contribution in [2.24, 2.45) is 0 Å². The minimum atomic E-state index is 0.275. The maximum absolute atomic E-state index is 12.3. The van der Waals surface area contributed by atoms with E-state index in [1.165, 1.54) is 25.7 Å². The predicted octanol–water partition coefficient (Wildman–Crippen LogP) is 2.54. The van der Waals surface area contributed by atoms with Crippen molar-refractivity contribution in [2.75, 3.05) is 32.8 Å². The fourth-order valence-corrected chi connectivity index (χ4v) is 3.54. The summed E-state index contributed by atoms with van der Waals surface area (Å²) in [4.78, 5) is 16.8. The van der Waals surface area contributed by atoms with Crippen LogP contribution in [0.5, 0.6) is 5.75 Å². The molecule has 0 unspecified atom stereocenters. The van der Waals surface area contributed by atoms with E-state index in [-0.39, 0.29) is 5.91 Å². The quantitative estimate of drug-likeness (QED) is 0.838. The zero-order valence-corrected chi connectivity index (χ0v) is 13.2. The lowest BCUT2D eigenvalue weighted by Gasteiger charge is -2.27. The molecule has 1 aliphatic heterocycles. The molecule has 0 aromatic heterocycles. The highest BCUT2D eigenvalue weighted by Gasteiger charge is 2.27. The van der Waals surface area contributed by atoms with Gasteiger partial charge in [0.15, 0.2) is 0 Å². The number of ether oxygens (including phenoxy) is 1. The van der Waals surface area contributed by atoms with Gasteiger partial charge in [-0.05, 0) is 25.0 Å². The van der Waals surface area contributed by atoms with Gasteiger partial charge in [0, 0.05) is 32.1 Å². The SMILES string of the molecule is O=C1CCN(C2CCCC2)CCN1CCOc1ccccc1. The van der Waals surface area contributed by atoms with Crippen molar-refractivity contribution in [1.82, 2.24) is 9.80 Å². The number of rotatable bonds is 5. The number of benzene rings is 1. The van der Waals surface area contributed by atoms with Crippen LogP contribution in [-0.2, 0) is 4.79 Å². The zero-order valence-electron chi connectivity index (χ0n) is 13.2. The van der Waals surface area contributed by atoms with Gasteiger partial charge in [0.2, 0.25) is 5.91 Å². The van der Waals surface area contributed by atoms with Crippen LogP contribution in [0.3, 0.4) is 0 Å². The average molecular weight is 302 g/mol. The predicted molar refractivity (Wildman–Crippen MR) is 87.0 cm³/mol. The molecule has 0 spiro atoms. The topological polar surface area (TPSA) is 32.8 Å². The summed E-state index contributed by atoms with van der Waals surface area (Å²) in [6, 6.07) is 10.5. The van der Waals surface area contributed by atoms with Crippen LogP contribution in [0.4, 0.5) is 0 Å². The molecule has 1 heterocycles. The fraction of sp³-hybridized carbons (Fsp3) is 0.611. The molecular weight excluding hydrogens is 276 g/mol. The van der Waals surface area contributed by atoms with Crippen LogP contribution in [0, 0.1) is 0 Å². The summed E-state index contributed by atoms with van der Waals surface area (Å²) in [6.45, 7) is 4.04. The van der Waals surface area contributed by atoms with Gasteiger partial charge in [-0.15, -0.1) is 0 Å². The van der Waals surface area contributed by atoms with Crippen LogP contribution >= 0.6 is 0 Å². The van der Waals surface area contributed by atoms with Crippen molar-refractivity contribution < 1.29 is 9.53 Å². The molecule has 1 saturated heterocycles. The Kier molecular flexibility index (Phi) is 5.33. The molecule has 0 atom stereocenters. The average Bonchev–Trinajstić information content (AvgIpc) is 3.02. The highest BCUT2D eigenvalue weighted by atomic mass is 16.5. The van der Waals surface area contributed by atoms with Crippen LogP contribution in [-0.4, -0.2) is 54.5 Å². The molecule has 1 saturated carbocycles. The number of para-hydroxylation sites is 1. The Hall–Kier alpha value is -1.55. The van der Waals surface area contributed by atoms with E-state index in [1.54, 1.807) is 0 Å². The third-order valence-corrected chi connectivity index (χ3v) is 4.84. The van der Waals surface area contributed by atoms with Crippen LogP contribution in [0.1, 0.15) is 32.1 Å². The van der Waals surface area contributed by atoms with Crippen molar-refractivity contribution in [3.05, 3.63) is 30.3 Å². The van der Waals surface area contributed by atoms with E-state index in [0.717, 1.165) is 25.4 Å². The molecule has 2 fully saturated rings. The Labute approximate surface area is 133 Å². The van der Waals surface area contributed by atoms with Gasteiger partial charge in [-0.3, -0.25) is 9.69 Å². The first kappa shape index (κ1) is 15.3. The summed E-state index contributed by atoms with van der Waals surface area (Å²) >= 11 is 0. The van der Waals surface area contributed by atoms with Gasteiger partial charge in [0.1, 0.15) is 12.4 Å². The summed E-state index contributed by atoms with van der Waals surface area (Å²) in [7, 11) is 0. The molecule has 120 valence electrons. The van der Waals surface area contributed by atoms with E-state index in [1.807, 2.05) is 35.2 Å². The third-order valence-electron chi connectivity index (χ3n) is 4.84. The van der Waals surface area contributed by atoms with Gasteiger partial charge in [0.25, 0.3) is 0 Å². The lowest BCUT2D eigenvalue weighted by atomic mass is 10.2. The zero-order chi connectivity index (χ0) is 15.2. The first-order valence-electron chi connectivity index (χ1n) is 8.52. The van der Waals surface area contributed by atoms with Gasteiger partial charge in [-0.25, -0.2) is 0 Å².